The highest BCUT2D eigenvalue weighted by atomic mass is 16.2. The molecule has 1 heterocycles. The molecule has 29 heavy (non-hydrogen) atoms. The van der Waals surface area contributed by atoms with Gasteiger partial charge in [-0.1, -0.05) is 59.7 Å². The fourth-order valence-corrected chi connectivity index (χ4v) is 3.18. The maximum atomic E-state index is 12.5. The Morgan fingerprint density at radius 2 is 1.69 bits per heavy atom. The number of hydrogen-bond donors (Lipinski definition) is 2. The lowest BCUT2D eigenvalue weighted by molar-refractivity contribution is 0.102. The van der Waals surface area contributed by atoms with Gasteiger partial charge < -0.3 is 10.3 Å². The predicted octanol–water partition coefficient (Wildman–Crippen LogP) is 6.35. The van der Waals surface area contributed by atoms with Crippen LogP contribution in [0, 0.1) is 0 Å². The van der Waals surface area contributed by atoms with Crippen molar-refractivity contribution in [3.8, 4) is 0 Å². The van der Waals surface area contributed by atoms with E-state index in [4.69, 9.17) is 0 Å². The van der Waals surface area contributed by atoms with Crippen molar-refractivity contribution in [1.82, 2.24) is 4.98 Å². The van der Waals surface area contributed by atoms with E-state index in [-0.39, 0.29) is 24.3 Å². The second-order valence-corrected chi connectivity index (χ2v) is 6.58. The molecule has 4 nitrogen and oxygen atoms in total. The Hall–Kier alpha value is -2.88. The molecule has 1 aromatic heterocycles. The van der Waals surface area contributed by atoms with E-state index >= 15 is 0 Å². The van der Waals surface area contributed by atoms with Gasteiger partial charge in [-0.25, -0.2) is 0 Å². The van der Waals surface area contributed by atoms with E-state index in [9.17, 15) is 9.59 Å². The summed E-state index contributed by atoms with van der Waals surface area (Å²) in [5.41, 5.74) is 3.98. The van der Waals surface area contributed by atoms with E-state index in [0.29, 0.717) is 5.39 Å². The van der Waals surface area contributed by atoms with Gasteiger partial charge in [-0.05, 0) is 54.7 Å². The smallest absolute Gasteiger partial charge is 0.261 e. The van der Waals surface area contributed by atoms with Crippen LogP contribution in [-0.4, -0.2) is 10.9 Å². The largest absolute Gasteiger partial charge is 0.360 e. The van der Waals surface area contributed by atoms with Crippen molar-refractivity contribution in [3.05, 3.63) is 75.6 Å². The Labute approximate surface area is 174 Å². The Balaban J connectivity index is 0.000000645. The average molecular weight is 395 g/mol. The number of fused-ring (bicyclic) bond motifs is 2. The van der Waals surface area contributed by atoms with Crippen molar-refractivity contribution in [3.63, 3.8) is 0 Å². The lowest BCUT2D eigenvalue weighted by Crippen LogP contribution is -2.22. The molecule has 4 rings (SSSR count). The number of H-pyrrole nitrogens is 1. The van der Waals surface area contributed by atoms with Crippen LogP contribution in [0.4, 0.5) is 5.69 Å². The molecule has 4 heteroatoms. The van der Waals surface area contributed by atoms with Crippen LogP contribution in [-0.2, 0) is 12.8 Å². The van der Waals surface area contributed by atoms with Crippen LogP contribution < -0.4 is 10.7 Å². The summed E-state index contributed by atoms with van der Waals surface area (Å²) in [5, 5.41) is 3.36. The number of hydrogen-bond acceptors (Lipinski definition) is 2. The molecule has 156 valence electrons. The van der Waals surface area contributed by atoms with Gasteiger partial charge in [-0.2, -0.15) is 0 Å². The first-order chi connectivity index (χ1) is 13.6. The highest BCUT2D eigenvalue weighted by molar-refractivity contribution is 6.05. The summed E-state index contributed by atoms with van der Waals surface area (Å²) in [6, 6.07) is 13.1. The van der Waals surface area contributed by atoms with E-state index in [0.717, 1.165) is 30.5 Å². The Kier molecular flexibility index (Phi) is 9.87. The van der Waals surface area contributed by atoms with Crippen molar-refractivity contribution in [2.75, 3.05) is 5.32 Å². The second-order valence-electron chi connectivity index (χ2n) is 6.58. The van der Waals surface area contributed by atoms with Crippen LogP contribution in [0.1, 0.15) is 69.4 Å². The Morgan fingerprint density at radius 1 is 1.03 bits per heavy atom. The van der Waals surface area contributed by atoms with Crippen molar-refractivity contribution < 1.29 is 4.79 Å². The summed E-state index contributed by atoms with van der Waals surface area (Å²) >= 11 is 0. The van der Waals surface area contributed by atoms with Crippen molar-refractivity contribution in [1.29, 1.82) is 0 Å². The predicted molar refractivity (Wildman–Crippen MR) is 125 cm³/mol. The minimum absolute atomic E-state index is 0. The molecule has 3 aromatic rings. The van der Waals surface area contributed by atoms with Crippen LogP contribution in [0.15, 0.2) is 53.5 Å². The molecular formula is C25H34N2O2. The number of aromatic amines is 1. The molecule has 1 aliphatic carbocycles. The lowest BCUT2D eigenvalue weighted by atomic mass is 10.1. The van der Waals surface area contributed by atoms with E-state index < -0.39 is 0 Å². The maximum absolute atomic E-state index is 12.5. The fraction of sp³-hybridized carbons (Fsp3) is 0.360. The van der Waals surface area contributed by atoms with Crippen LogP contribution in [0.5, 0.6) is 0 Å². The van der Waals surface area contributed by atoms with Crippen LogP contribution in [0.3, 0.4) is 0 Å². The topological polar surface area (TPSA) is 62.0 Å². The summed E-state index contributed by atoms with van der Waals surface area (Å²) in [5.74, 6) is -0.380. The van der Waals surface area contributed by atoms with Gasteiger partial charge in [-0.15, -0.1) is 0 Å². The standard InChI is InChI=1S/C19H16N2O2.C3H8.C2H6.CH4/c22-18-15-6-1-2-7-17(15)20-11-16(18)19(23)21-14-9-8-12-4-3-5-13(12)10-14;1-3-2;1-2;/h1-2,6-11H,3-5H2,(H,20,22)(H,21,23);3H2,1-2H3;1-2H3;1H4. The third-order valence-electron chi connectivity index (χ3n) is 4.39. The first kappa shape index (κ1) is 24.2. The highest BCUT2D eigenvalue weighted by Crippen LogP contribution is 2.25. The number of carbonyl (C=O) groups is 1. The van der Waals surface area contributed by atoms with E-state index in [1.165, 1.54) is 23.7 Å². The van der Waals surface area contributed by atoms with Gasteiger partial charge in [0, 0.05) is 22.8 Å². The maximum Gasteiger partial charge on any atom is 0.261 e. The zero-order valence-electron chi connectivity index (χ0n) is 17.3. The third kappa shape index (κ3) is 5.80. The molecule has 0 saturated carbocycles. The molecule has 2 N–H and O–H groups in total. The van der Waals surface area contributed by atoms with Crippen molar-refractivity contribution in [2.24, 2.45) is 0 Å². The number of amides is 1. The number of carbonyl (C=O) groups excluding carboxylic acids is 1. The normalized spacial score (nSPS) is 11.2. The minimum Gasteiger partial charge on any atom is -0.360 e. The van der Waals surface area contributed by atoms with Gasteiger partial charge >= 0.3 is 0 Å². The quantitative estimate of drug-likeness (QED) is 0.532. The molecule has 0 fully saturated rings. The van der Waals surface area contributed by atoms with Crippen molar-refractivity contribution in [2.45, 2.75) is 60.8 Å². The summed E-state index contributed by atoms with van der Waals surface area (Å²) in [7, 11) is 0. The molecule has 0 atom stereocenters. The van der Waals surface area contributed by atoms with E-state index in [1.807, 2.05) is 38.1 Å². The number of pyridine rings is 1. The molecule has 0 aliphatic heterocycles. The number of benzene rings is 2. The number of anilines is 1. The van der Waals surface area contributed by atoms with Gasteiger partial charge in [0.2, 0.25) is 5.43 Å². The second kappa shape index (κ2) is 11.8. The van der Waals surface area contributed by atoms with Crippen molar-refractivity contribution >= 4 is 22.5 Å². The summed E-state index contributed by atoms with van der Waals surface area (Å²) in [6.45, 7) is 8.25. The molecule has 0 bridgehead atoms. The van der Waals surface area contributed by atoms with Gasteiger partial charge in [0.05, 0.1) is 0 Å². The summed E-state index contributed by atoms with van der Waals surface area (Å²) in [4.78, 5) is 27.9. The fourth-order valence-electron chi connectivity index (χ4n) is 3.18. The molecular weight excluding hydrogens is 360 g/mol. The summed E-state index contributed by atoms with van der Waals surface area (Å²) < 4.78 is 0. The molecule has 0 spiro atoms. The molecule has 1 aliphatic rings. The molecule has 0 radical (unpaired) electrons. The van der Waals surface area contributed by atoms with E-state index in [1.54, 1.807) is 12.1 Å². The monoisotopic (exact) mass is 394 g/mol. The number of para-hydroxylation sites is 1. The lowest BCUT2D eigenvalue weighted by Gasteiger charge is -2.08. The van der Waals surface area contributed by atoms with Gasteiger partial charge in [0.15, 0.2) is 0 Å². The molecule has 2 aromatic carbocycles. The molecule has 0 unspecified atom stereocenters. The number of rotatable bonds is 2. The summed E-state index contributed by atoms with van der Waals surface area (Å²) in [6.07, 6.45) is 6.05. The Bertz CT molecular complexity index is 990. The zero-order valence-corrected chi connectivity index (χ0v) is 17.3. The van der Waals surface area contributed by atoms with Gasteiger partial charge in [-0.3, -0.25) is 9.59 Å². The van der Waals surface area contributed by atoms with Crippen LogP contribution in [0.25, 0.3) is 10.9 Å². The molecule has 1 amide bonds. The zero-order chi connectivity index (χ0) is 20.5. The average Bonchev–Trinajstić information content (AvgIpc) is 3.18. The van der Waals surface area contributed by atoms with Gasteiger partial charge in [0.1, 0.15) is 5.56 Å². The first-order valence-corrected chi connectivity index (χ1v) is 10.2. The number of aromatic nitrogens is 1. The van der Waals surface area contributed by atoms with Gasteiger partial charge in [0.25, 0.3) is 5.91 Å². The van der Waals surface area contributed by atoms with Crippen LogP contribution in [0.2, 0.25) is 0 Å². The third-order valence-corrected chi connectivity index (χ3v) is 4.39. The van der Waals surface area contributed by atoms with E-state index in [2.05, 4.69) is 30.2 Å². The Morgan fingerprint density at radius 3 is 2.41 bits per heavy atom. The SMILES string of the molecule is C.CC.CCC.O=C(Nc1ccc2c(c1)CCC2)c1c[nH]c2ccccc2c1=O. The number of nitrogens with one attached hydrogen (secondary N) is 2. The van der Waals surface area contributed by atoms with Crippen LogP contribution >= 0.6 is 0 Å². The highest BCUT2D eigenvalue weighted by Gasteiger charge is 2.15. The first-order valence-electron chi connectivity index (χ1n) is 10.2. The number of aryl methyl sites for hydroxylation is 2. The minimum atomic E-state index is -0.380. The molecule has 0 saturated heterocycles.